The molecule has 0 fully saturated rings. The van der Waals surface area contributed by atoms with Crippen LogP contribution in [0.3, 0.4) is 0 Å². The van der Waals surface area contributed by atoms with Crippen molar-refractivity contribution < 1.29 is 0 Å². The van der Waals surface area contributed by atoms with E-state index < -0.39 is 0 Å². The molecule has 2 aromatic rings. The van der Waals surface area contributed by atoms with Gasteiger partial charge in [-0.25, -0.2) is 0 Å². The Bertz CT molecular complexity index is 803. The second kappa shape index (κ2) is 8.93. The van der Waals surface area contributed by atoms with Crippen molar-refractivity contribution >= 4 is 11.6 Å². The molecule has 6 nitrogen and oxygen atoms in total. The molecule has 1 aromatic carbocycles. The van der Waals surface area contributed by atoms with E-state index in [2.05, 4.69) is 85.6 Å². The van der Waals surface area contributed by atoms with E-state index in [0.717, 1.165) is 24.6 Å². The number of aliphatic imine (C=N–C) groups is 1. The van der Waals surface area contributed by atoms with Crippen LogP contribution in [0.5, 0.6) is 0 Å². The van der Waals surface area contributed by atoms with Gasteiger partial charge in [-0.1, -0.05) is 6.07 Å². The van der Waals surface area contributed by atoms with Crippen molar-refractivity contribution in [3.8, 4) is 0 Å². The van der Waals surface area contributed by atoms with Gasteiger partial charge in [-0.15, -0.1) is 0 Å². The van der Waals surface area contributed by atoms with Gasteiger partial charge in [0.25, 0.3) is 0 Å². The Labute approximate surface area is 163 Å². The zero-order valence-electron chi connectivity index (χ0n) is 18.0. The molecule has 1 aromatic heterocycles. The fourth-order valence-electron chi connectivity index (χ4n) is 3.23. The quantitative estimate of drug-likeness (QED) is 0.606. The van der Waals surface area contributed by atoms with Gasteiger partial charge in [-0.2, -0.15) is 5.10 Å². The summed E-state index contributed by atoms with van der Waals surface area (Å²) in [7, 11) is 7.93. The summed E-state index contributed by atoms with van der Waals surface area (Å²) in [6, 6.07) is 6.80. The molecule has 0 saturated carbocycles. The van der Waals surface area contributed by atoms with E-state index in [0.29, 0.717) is 0 Å². The van der Waals surface area contributed by atoms with Crippen LogP contribution in [0.2, 0.25) is 0 Å². The predicted molar refractivity (Wildman–Crippen MR) is 115 cm³/mol. The smallest absolute Gasteiger partial charge is 0.191 e. The fraction of sp³-hybridized carbons (Fsp3) is 0.524. The zero-order valence-corrected chi connectivity index (χ0v) is 18.0. The summed E-state index contributed by atoms with van der Waals surface area (Å²) < 4.78 is 1.95. The molecule has 148 valence electrons. The summed E-state index contributed by atoms with van der Waals surface area (Å²) in [5.41, 5.74) is 7.40. The molecular weight excluding hydrogens is 336 g/mol. The Kier molecular flexibility index (Phi) is 6.88. The van der Waals surface area contributed by atoms with Crippen LogP contribution in [-0.4, -0.2) is 42.9 Å². The first-order chi connectivity index (χ1) is 12.7. The van der Waals surface area contributed by atoms with E-state index in [1.54, 1.807) is 0 Å². The van der Waals surface area contributed by atoms with Gasteiger partial charge < -0.3 is 15.5 Å². The molecule has 0 bridgehead atoms. The molecule has 0 spiro atoms. The highest BCUT2D eigenvalue weighted by molar-refractivity contribution is 5.80. The van der Waals surface area contributed by atoms with Gasteiger partial charge >= 0.3 is 0 Å². The molecule has 6 heteroatoms. The average Bonchev–Trinajstić information content (AvgIpc) is 2.85. The SMILES string of the molecule is CN=C(NCc1ccc(N(C)C)cc1C)NC(C)Cc1c(C)nn(C)c1C. The molecule has 2 rings (SSSR count). The van der Waals surface area contributed by atoms with E-state index in [9.17, 15) is 0 Å². The predicted octanol–water partition coefficient (Wildman–Crippen LogP) is 2.71. The first kappa shape index (κ1) is 20.8. The Morgan fingerprint density at radius 1 is 1.26 bits per heavy atom. The topological polar surface area (TPSA) is 57.5 Å². The van der Waals surface area contributed by atoms with E-state index in [4.69, 9.17) is 0 Å². The maximum atomic E-state index is 4.51. The van der Waals surface area contributed by atoms with Gasteiger partial charge in [-0.3, -0.25) is 9.67 Å². The highest BCUT2D eigenvalue weighted by Crippen LogP contribution is 2.17. The summed E-state index contributed by atoms with van der Waals surface area (Å²) in [5.74, 6) is 0.817. The molecule has 0 saturated heterocycles. The number of nitrogens with zero attached hydrogens (tertiary/aromatic N) is 4. The fourth-order valence-corrected chi connectivity index (χ4v) is 3.23. The molecule has 0 radical (unpaired) electrons. The first-order valence-corrected chi connectivity index (χ1v) is 9.46. The van der Waals surface area contributed by atoms with Crippen molar-refractivity contribution in [2.24, 2.45) is 12.0 Å². The van der Waals surface area contributed by atoms with Crippen LogP contribution in [0, 0.1) is 20.8 Å². The third-order valence-corrected chi connectivity index (χ3v) is 5.06. The zero-order chi connectivity index (χ0) is 20.1. The third kappa shape index (κ3) is 5.25. The van der Waals surface area contributed by atoms with Crippen molar-refractivity contribution in [2.45, 2.75) is 46.7 Å². The van der Waals surface area contributed by atoms with Crippen molar-refractivity contribution in [3.05, 3.63) is 46.3 Å². The minimum atomic E-state index is 0.259. The Balaban J connectivity index is 1.96. The van der Waals surface area contributed by atoms with Crippen LogP contribution in [0.1, 0.15) is 35.0 Å². The molecule has 2 N–H and O–H groups in total. The highest BCUT2D eigenvalue weighted by atomic mass is 15.3. The lowest BCUT2D eigenvalue weighted by Crippen LogP contribution is -2.42. The molecule has 0 aliphatic heterocycles. The number of benzene rings is 1. The summed E-state index contributed by atoms with van der Waals surface area (Å²) in [5, 5.41) is 11.4. The summed E-state index contributed by atoms with van der Waals surface area (Å²) in [6.45, 7) is 9.27. The first-order valence-electron chi connectivity index (χ1n) is 9.46. The standard InChI is InChI=1S/C21H34N6/c1-14-11-19(26(6)7)10-9-18(14)13-23-21(22-5)24-15(2)12-20-16(3)25-27(8)17(20)4/h9-11,15H,12-13H2,1-8H3,(H2,22,23,24). The number of hydrogen-bond donors (Lipinski definition) is 2. The maximum Gasteiger partial charge on any atom is 0.191 e. The minimum absolute atomic E-state index is 0.259. The van der Waals surface area contributed by atoms with E-state index in [1.165, 1.54) is 28.1 Å². The number of rotatable bonds is 6. The lowest BCUT2D eigenvalue weighted by atomic mass is 10.1. The van der Waals surface area contributed by atoms with Gasteiger partial charge in [0.15, 0.2) is 5.96 Å². The van der Waals surface area contributed by atoms with Crippen LogP contribution < -0.4 is 15.5 Å². The number of aromatic nitrogens is 2. The number of guanidine groups is 1. The lowest BCUT2D eigenvalue weighted by molar-refractivity contribution is 0.635. The monoisotopic (exact) mass is 370 g/mol. The van der Waals surface area contributed by atoms with Crippen molar-refractivity contribution in [1.82, 2.24) is 20.4 Å². The molecule has 1 heterocycles. The molecule has 0 aliphatic rings. The van der Waals surface area contributed by atoms with E-state index >= 15 is 0 Å². The molecule has 0 amide bonds. The Morgan fingerprint density at radius 2 is 1.96 bits per heavy atom. The van der Waals surface area contributed by atoms with Crippen LogP contribution in [0.25, 0.3) is 0 Å². The lowest BCUT2D eigenvalue weighted by Gasteiger charge is -2.19. The Hall–Kier alpha value is -2.50. The van der Waals surface area contributed by atoms with Gasteiger partial charge in [0, 0.05) is 52.2 Å². The highest BCUT2D eigenvalue weighted by Gasteiger charge is 2.14. The summed E-state index contributed by atoms with van der Waals surface area (Å²) in [4.78, 5) is 6.50. The molecule has 1 unspecified atom stereocenters. The minimum Gasteiger partial charge on any atom is -0.378 e. The number of aryl methyl sites for hydroxylation is 3. The molecule has 27 heavy (non-hydrogen) atoms. The van der Waals surface area contributed by atoms with Crippen molar-refractivity contribution in [2.75, 3.05) is 26.0 Å². The number of nitrogens with one attached hydrogen (secondary N) is 2. The van der Waals surface area contributed by atoms with Gasteiger partial charge in [-0.05, 0) is 62.9 Å². The third-order valence-electron chi connectivity index (χ3n) is 5.06. The van der Waals surface area contributed by atoms with E-state index in [-0.39, 0.29) is 6.04 Å². The number of anilines is 1. The normalized spacial score (nSPS) is 12.8. The maximum absolute atomic E-state index is 4.51. The average molecular weight is 371 g/mol. The van der Waals surface area contributed by atoms with Gasteiger partial charge in [0.1, 0.15) is 0 Å². The van der Waals surface area contributed by atoms with Crippen LogP contribution in [0.15, 0.2) is 23.2 Å². The van der Waals surface area contributed by atoms with Crippen LogP contribution in [0.4, 0.5) is 5.69 Å². The summed E-state index contributed by atoms with van der Waals surface area (Å²) in [6.07, 6.45) is 0.919. The summed E-state index contributed by atoms with van der Waals surface area (Å²) >= 11 is 0. The second-order valence-electron chi connectivity index (χ2n) is 7.45. The van der Waals surface area contributed by atoms with Crippen molar-refractivity contribution in [3.63, 3.8) is 0 Å². The van der Waals surface area contributed by atoms with Gasteiger partial charge in [0.05, 0.1) is 5.69 Å². The molecule has 1 atom stereocenters. The van der Waals surface area contributed by atoms with Gasteiger partial charge in [0.2, 0.25) is 0 Å². The van der Waals surface area contributed by atoms with E-state index in [1.807, 2.05) is 18.8 Å². The van der Waals surface area contributed by atoms with Crippen molar-refractivity contribution in [1.29, 1.82) is 0 Å². The second-order valence-corrected chi connectivity index (χ2v) is 7.45. The molecular formula is C21H34N6. The number of hydrogen-bond acceptors (Lipinski definition) is 3. The Morgan fingerprint density at radius 3 is 2.48 bits per heavy atom. The van der Waals surface area contributed by atoms with Crippen LogP contribution >= 0.6 is 0 Å². The molecule has 0 aliphatic carbocycles. The van der Waals surface area contributed by atoms with Crippen LogP contribution in [-0.2, 0) is 20.0 Å². The largest absolute Gasteiger partial charge is 0.378 e.